The highest BCUT2D eigenvalue weighted by Gasteiger charge is 2.44. The van der Waals surface area contributed by atoms with Crippen molar-refractivity contribution in [3.63, 3.8) is 0 Å². The van der Waals surface area contributed by atoms with E-state index in [-0.39, 0.29) is 24.2 Å². The fraction of sp³-hybridized carbons (Fsp3) is 0.611. The Morgan fingerprint density at radius 2 is 1.92 bits per heavy atom. The molecule has 0 saturated carbocycles. The number of hydrogen-bond donors (Lipinski definition) is 0. The van der Waals surface area contributed by atoms with Crippen LogP contribution in [0.3, 0.4) is 0 Å². The molecule has 2 atom stereocenters. The van der Waals surface area contributed by atoms with Crippen molar-refractivity contribution in [3.8, 4) is 0 Å². The Balaban J connectivity index is 1.90. The summed E-state index contributed by atoms with van der Waals surface area (Å²) in [4.78, 5) is 13.8. The van der Waals surface area contributed by atoms with Crippen LogP contribution in [0.15, 0.2) is 12.1 Å². The van der Waals surface area contributed by atoms with E-state index < -0.39 is 23.4 Å². The van der Waals surface area contributed by atoms with E-state index in [0.29, 0.717) is 24.2 Å². The molecule has 3 rings (SSSR count). The molecule has 2 aliphatic rings. The molecular weight excluding hydrogens is 335 g/mol. The predicted octanol–water partition coefficient (Wildman–Crippen LogP) is 4.25. The van der Waals surface area contributed by atoms with Gasteiger partial charge in [-0.1, -0.05) is 11.6 Å². The lowest BCUT2D eigenvalue weighted by Gasteiger charge is -2.30. The Morgan fingerprint density at radius 1 is 1.24 bits per heavy atom. The first-order chi connectivity index (χ1) is 11.5. The molecule has 1 aromatic rings. The van der Waals surface area contributed by atoms with Gasteiger partial charge in [0.05, 0.1) is 24.8 Å². The first-order valence-corrected chi connectivity index (χ1v) is 8.26. The smallest absolute Gasteiger partial charge is 0.416 e. The largest absolute Gasteiger partial charge is 0.444 e. The summed E-state index contributed by atoms with van der Waals surface area (Å²) in [6, 6.07) is 2.94. The van der Waals surface area contributed by atoms with E-state index in [2.05, 4.69) is 0 Å². The van der Waals surface area contributed by atoms with Crippen LogP contribution in [0, 0.1) is 6.92 Å². The van der Waals surface area contributed by atoms with E-state index in [1.54, 1.807) is 33.8 Å². The van der Waals surface area contributed by atoms with Gasteiger partial charge in [-0.25, -0.2) is 4.79 Å². The lowest BCUT2D eigenvalue weighted by molar-refractivity contribution is -0.139. The number of nitrogens with zero attached hydrogens (tertiary/aromatic N) is 1. The maximum absolute atomic E-state index is 13.4. The zero-order valence-electron chi connectivity index (χ0n) is 14.7. The number of amides is 1. The van der Waals surface area contributed by atoms with E-state index in [9.17, 15) is 18.0 Å². The summed E-state index contributed by atoms with van der Waals surface area (Å²) in [5.41, 5.74) is 0.114. The summed E-state index contributed by atoms with van der Waals surface area (Å²) in [7, 11) is 0. The molecular formula is C18H22F3NO3. The molecule has 7 heteroatoms. The first kappa shape index (κ1) is 18.0. The molecule has 1 amide bonds. The second kappa shape index (κ2) is 5.90. The van der Waals surface area contributed by atoms with Crippen molar-refractivity contribution >= 4 is 6.09 Å². The molecule has 2 aliphatic heterocycles. The van der Waals surface area contributed by atoms with Crippen LogP contribution in [0.1, 0.15) is 48.9 Å². The van der Waals surface area contributed by atoms with Gasteiger partial charge in [0.1, 0.15) is 5.60 Å². The van der Waals surface area contributed by atoms with Crippen LogP contribution in [0.5, 0.6) is 0 Å². The van der Waals surface area contributed by atoms with Gasteiger partial charge in [-0.05, 0) is 44.9 Å². The lowest BCUT2D eigenvalue weighted by Crippen LogP contribution is -2.36. The number of rotatable bonds is 0. The van der Waals surface area contributed by atoms with Crippen LogP contribution in [0.2, 0.25) is 0 Å². The Labute approximate surface area is 144 Å². The maximum atomic E-state index is 13.4. The SMILES string of the molecule is Cc1cc2c(c(C(F)(F)F)c1)COC1CN(C(=O)OC(C)(C)C)CC21. The summed E-state index contributed by atoms with van der Waals surface area (Å²) in [6.07, 6.45) is -5.19. The third-order valence-corrected chi connectivity index (χ3v) is 4.49. The van der Waals surface area contributed by atoms with Crippen LogP contribution in [-0.2, 0) is 22.3 Å². The lowest BCUT2D eigenvalue weighted by atomic mass is 9.85. The Hall–Kier alpha value is -1.76. The fourth-order valence-electron chi connectivity index (χ4n) is 3.50. The van der Waals surface area contributed by atoms with Crippen molar-refractivity contribution in [3.05, 3.63) is 34.4 Å². The molecule has 2 heterocycles. The van der Waals surface area contributed by atoms with Gasteiger partial charge >= 0.3 is 12.3 Å². The van der Waals surface area contributed by atoms with Crippen molar-refractivity contribution < 1.29 is 27.4 Å². The molecule has 138 valence electrons. The summed E-state index contributed by atoms with van der Waals surface area (Å²) in [5.74, 6) is -0.266. The van der Waals surface area contributed by atoms with E-state index >= 15 is 0 Å². The highest BCUT2D eigenvalue weighted by molar-refractivity contribution is 5.69. The molecule has 1 aromatic carbocycles. The fourth-order valence-corrected chi connectivity index (χ4v) is 3.50. The van der Waals surface area contributed by atoms with Gasteiger partial charge in [-0.15, -0.1) is 0 Å². The predicted molar refractivity (Wildman–Crippen MR) is 85.3 cm³/mol. The molecule has 0 spiro atoms. The molecule has 25 heavy (non-hydrogen) atoms. The van der Waals surface area contributed by atoms with E-state index in [1.807, 2.05) is 0 Å². The highest BCUT2D eigenvalue weighted by atomic mass is 19.4. The number of likely N-dealkylation sites (tertiary alicyclic amines) is 1. The summed E-state index contributed by atoms with van der Waals surface area (Å²) < 4.78 is 51.1. The molecule has 0 radical (unpaired) electrons. The normalized spacial score (nSPS) is 23.2. The summed E-state index contributed by atoms with van der Waals surface area (Å²) >= 11 is 0. The molecule has 0 bridgehead atoms. The quantitative estimate of drug-likeness (QED) is 0.697. The van der Waals surface area contributed by atoms with E-state index in [1.165, 1.54) is 4.90 Å². The van der Waals surface area contributed by atoms with Crippen molar-refractivity contribution in [2.24, 2.45) is 0 Å². The molecule has 0 aromatic heterocycles. The Bertz CT molecular complexity index is 694. The third kappa shape index (κ3) is 3.61. The van der Waals surface area contributed by atoms with Crippen LogP contribution in [0.25, 0.3) is 0 Å². The van der Waals surface area contributed by atoms with Crippen molar-refractivity contribution in [1.29, 1.82) is 0 Å². The number of fused-ring (bicyclic) bond motifs is 3. The minimum absolute atomic E-state index is 0.0895. The number of ether oxygens (including phenoxy) is 2. The second-order valence-electron chi connectivity index (χ2n) is 7.72. The molecule has 4 nitrogen and oxygen atoms in total. The van der Waals surface area contributed by atoms with Crippen molar-refractivity contribution in [1.82, 2.24) is 4.90 Å². The van der Waals surface area contributed by atoms with Gasteiger partial charge in [0.15, 0.2) is 0 Å². The average Bonchev–Trinajstić information content (AvgIpc) is 2.88. The zero-order chi connectivity index (χ0) is 18.6. The topological polar surface area (TPSA) is 38.8 Å². The van der Waals surface area contributed by atoms with Gasteiger partial charge < -0.3 is 14.4 Å². The zero-order valence-corrected chi connectivity index (χ0v) is 14.7. The number of carbonyl (C=O) groups excluding carboxylic acids is 1. The van der Waals surface area contributed by atoms with E-state index in [0.717, 1.165) is 6.07 Å². The second-order valence-corrected chi connectivity index (χ2v) is 7.72. The number of alkyl halides is 3. The van der Waals surface area contributed by atoms with Gasteiger partial charge in [0, 0.05) is 12.5 Å². The number of carbonyl (C=O) groups is 1. The van der Waals surface area contributed by atoms with Gasteiger partial charge in [0.25, 0.3) is 0 Å². The molecule has 1 saturated heterocycles. The van der Waals surface area contributed by atoms with Crippen LogP contribution < -0.4 is 0 Å². The summed E-state index contributed by atoms with van der Waals surface area (Å²) in [5, 5.41) is 0. The number of benzene rings is 1. The van der Waals surface area contributed by atoms with E-state index in [4.69, 9.17) is 9.47 Å². The molecule has 1 fully saturated rings. The van der Waals surface area contributed by atoms with Crippen LogP contribution >= 0.6 is 0 Å². The monoisotopic (exact) mass is 357 g/mol. The first-order valence-electron chi connectivity index (χ1n) is 8.26. The molecule has 0 aliphatic carbocycles. The molecule has 2 unspecified atom stereocenters. The van der Waals surface area contributed by atoms with Gasteiger partial charge in [-0.3, -0.25) is 0 Å². The summed E-state index contributed by atoms with van der Waals surface area (Å²) in [6.45, 7) is 7.52. The van der Waals surface area contributed by atoms with Gasteiger partial charge in [0.2, 0.25) is 0 Å². The van der Waals surface area contributed by atoms with Gasteiger partial charge in [-0.2, -0.15) is 13.2 Å². The molecule has 0 N–H and O–H groups in total. The minimum Gasteiger partial charge on any atom is -0.444 e. The number of hydrogen-bond acceptors (Lipinski definition) is 3. The Kier molecular flexibility index (Phi) is 4.26. The maximum Gasteiger partial charge on any atom is 0.416 e. The Morgan fingerprint density at radius 3 is 2.52 bits per heavy atom. The number of aryl methyl sites for hydroxylation is 1. The van der Waals surface area contributed by atoms with Crippen molar-refractivity contribution in [2.45, 2.75) is 58.1 Å². The standard InChI is InChI=1S/C18H22F3NO3/c1-10-5-11-12-7-22(16(23)25-17(2,3)4)8-15(12)24-9-13(11)14(6-10)18(19,20)21/h5-6,12,15H,7-9H2,1-4H3. The third-order valence-electron chi connectivity index (χ3n) is 4.49. The van der Waals surface area contributed by atoms with Crippen molar-refractivity contribution in [2.75, 3.05) is 13.1 Å². The van der Waals surface area contributed by atoms with Crippen LogP contribution in [0.4, 0.5) is 18.0 Å². The average molecular weight is 357 g/mol. The van der Waals surface area contributed by atoms with Crippen LogP contribution in [-0.4, -0.2) is 35.8 Å². The minimum atomic E-state index is -4.42. The number of halogens is 3. The highest BCUT2D eigenvalue weighted by Crippen LogP contribution is 2.43.